The van der Waals surface area contributed by atoms with Crippen LogP contribution in [0, 0.1) is 0 Å². The summed E-state index contributed by atoms with van der Waals surface area (Å²) in [6.07, 6.45) is 3.34. The van der Waals surface area contributed by atoms with E-state index >= 15 is 0 Å². The van der Waals surface area contributed by atoms with E-state index in [2.05, 4.69) is 5.10 Å². The first-order valence-electron chi connectivity index (χ1n) is 4.73. The molecule has 4 heteroatoms. The molecule has 74 valence electrons. The summed E-state index contributed by atoms with van der Waals surface area (Å²) in [7, 11) is 0. The van der Waals surface area contributed by atoms with Crippen LogP contribution in [0.1, 0.15) is 40.0 Å². The lowest BCUT2D eigenvalue weighted by Gasteiger charge is -2.32. The maximum atomic E-state index is 11.5. The van der Waals surface area contributed by atoms with Gasteiger partial charge in [0.05, 0.1) is 0 Å². The van der Waals surface area contributed by atoms with E-state index in [1.807, 2.05) is 20.8 Å². The summed E-state index contributed by atoms with van der Waals surface area (Å²) in [4.78, 5) is 11.5. The predicted octanol–water partition coefficient (Wildman–Crippen LogP) is 1.71. The Kier molecular flexibility index (Phi) is 2.90. The monoisotopic (exact) mass is 184 g/mol. The van der Waals surface area contributed by atoms with Gasteiger partial charge in [-0.3, -0.25) is 4.79 Å². The summed E-state index contributed by atoms with van der Waals surface area (Å²) < 4.78 is 5.39. The fourth-order valence-corrected chi connectivity index (χ4v) is 1.48. The molecule has 0 fully saturated rings. The molecule has 1 aliphatic rings. The Bertz CT molecular complexity index is 222. The number of ether oxygens (including phenoxy) is 1. The zero-order valence-corrected chi connectivity index (χ0v) is 8.41. The second-order valence-corrected chi connectivity index (χ2v) is 3.05. The molecule has 1 aliphatic heterocycles. The molecule has 0 atom stereocenters. The van der Waals surface area contributed by atoms with Crippen LogP contribution in [0.25, 0.3) is 0 Å². The van der Waals surface area contributed by atoms with Crippen molar-refractivity contribution in [3.63, 3.8) is 0 Å². The second kappa shape index (κ2) is 3.77. The van der Waals surface area contributed by atoms with Crippen molar-refractivity contribution in [1.29, 1.82) is 0 Å². The summed E-state index contributed by atoms with van der Waals surface area (Å²) in [5, 5.41) is 5.40. The lowest BCUT2D eigenvalue weighted by molar-refractivity contribution is -0.150. The van der Waals surface area contributed by atoms with Gasteiger partial charge in [0.2, 0.25) is 11.6 Å². The summed E-state index contributed by atoms with van der Waals surface area (Å²) in [5.41, 5.74) is -0.521. The minimum Gasteiger partial charge on any atom is -0.454 e. The zero-order valence-electron chi connectivity index (χ0n) is 8.41. The van der Waals surface area contributed by atoms with Crippen molar-refractivity contribution in [2.24, 2.45) is 5.10 Å². The first-order valence-corrected chi connectivity index (χ1v) is 4.73. The highest BCUT2D eigenvalue weighted by Gasteiger charge is 2.41. The Balaban J connectivity index is 2.82. The molecule has 4 nitrogen and oxygen atoms in total. The number of nitrogens with zero attached hydrogens (tertiary/aromatic N) is 2. The largest absolute Gasteiger partial charge is 0.454 e. The fourth-order valence-electron chi connectivity index (χ4n) is 1.48. The molecule has 1 amide bonds. The van der Waals surface area contributed by atoms with Crippen molar-refractivity contribution in [2.75, 3.05) is 0 Å². The van der Waals surface area contributed by atoms with Gasteiger partial charge in [0, 0.05) is 19.3 Å². The van der Waals surface area contributed by atoms with Crippen molar-refractivity contribution < 1.29 is 9.53 Å². The smallest absolute Gasteiger partial charge is 0.246 e. The van der Waals surface area contributed by atoms with Crippen molar-refractivity contribution in [3.05, 3.63) is 0 Å². The van der Waals surface area contributed by atoms with Gasteiger partial charge < -0.3 is 4.74 Å². The number of hydrogen-bond acceptors (Lipinski definition) is 3. The van der Waals surface area contributed by atoms with Crippen LogP contribution < -0.4 is 0 Å². The number of carbonyl (C=O) groups is 1. The quantitative estimate of drug-likeness (QED) is 0.670. The topological polar surface area (TPSA) is 41.9 Å². The van der Waals surface area contributed by atoms with E-state index in [-0.39, 0.29) is 5.91 Å². The van der Waals surface area contributed by atoms with Crippen LogP contribution >= 0.6 is 0 Å². The minimum absolute atomic E-state index is 0.0115. The molecule has 0 aromatic carbocycles. The predicted molar refractivity (Wildman–Crippen MR) is 50.0 cm³/mol. The highest BCUT2D eigenvalue weighted by atomic mass is 16.5. The van der Waals surface area contributed by atoms with Crippen LogP contribution in [0.15, 0.2) is 5.10 Å². The van der Waals surface area contributed by atoms with Crippen LogP contribution in [0.5, 0.6) is 0 Å². The third kappa shape index (κ3) is 1.53. The molecule has 0 radical (unpaired) electrons. The summed E-state index contributed by atoms with van der Waals surface area (Å²) in [6, 6.07) is 0. The van der Waals surface area contributed by atoms with E-state index in [1.54, 1.807) is 0 Å². The van der Waals surface area contributed by atoms with Gasteiger partial charge in [-0.25, -0.2) is 0 Å². The van der Waals surface area contributed by atoms with Gasteiger partial charge in [0.1, 0.15) is 0 Å². The van der Waals surface area contributed by atoms with Gasteiger partial charge >= 0.3 is 0 Å². The molecule has 13 heavy (non-hydrogen) atoms. The fraction of sp³-hybridized carbons (Fsp3) is 0.778. The Hall–Kier alpha value is -1.06. The zero-order chi connectivity index (χ0) is 9.90. The minimum atomic E-state index is -0.521. The summed E-state index contributed by atoms with van der Waals surface area (Å²) >= 11 is 0. The molecule has 1 heterocycles. The first kappa shape index (κ1) is 10.0. The van der Waals surface area contributed by atoms with E-state index in [0.717, 1.165) is 12.8 Å². The number of hydrogen-bond donors (Lipinski definition) is 0. The average Bonchev–Trinajstić information content (AvgIpc) is 2.60. The maximum Gasteiger partial charge on any atom is 0.246 e. The van der Waals surface area contributed by atoms with Gasteiger partial charge in [-0.05, 0) is 0 Å². The molecule has 0 aromatic rings. The standard InChI is InChI=1S/C9H16N2O2/c1-4-8(12)11-9(5-2,6-3)13-7-10-11/h7H,4-6H2,1-3H3. The SMILES string of the molecule is CCC(=O)N1N=COC1(CC)CC. The van der Waals surface area contributed by atoms with E-state index in [1.165, 1.54) is 11.4 Å². The van der Waals surface area contributed by atoms with Crippen molar-refractivity contribution in [1.82, 2.24) is 5.01 Å². The van der Waals surface area contributed by atoms with Crippen LogP contribution in [-0.4, -0.2) is 23.0 Å². The Morgan fingerprint density at radius 1 is 1.46 bits per heavy atom. The Morgan fingerprint density at radius 3 is 2.54 bits per heavy atom. The lowest BCUT2D eigenvalue weighted by atomic mass is 10.1. The Labute approximate surface area is 78.6 Å². The first-order chi connectivity index (χ1) is 6.20. The summed E-state index contributed by atoms with van der Waals surface area (Å²) in [5.74, 6) is 0.0115. The third-order valence-corrected chi connectivity index (χ3v) is 2.46. The lowest BCUT2D eigenvalue weighted by Crippen LogP contribution is -2.46. The highest BCUT2D eigenvalue weighted by molar-refractivity contribution is 5.78. The van der Waals surface area contributed by atoms with Gasteiger partial charge in [-0.1, -0.05) is 20.8 Å². The molecule has 0 aliphatic carbocycles. The molecule has 0 saturated heterocycles. The van der Waals surface area contributed by atoms with Crippen LogP contribution in [0.3, 0.4) is 0 Å². The molecule has 0 aromatic heterocycles. The van der Waals surface area contributed by atoms with Crippen molar-refractivity contribution in [3.8, 4) is 0 Å². The molecular weight excluding hydrogens is 168 g/mol. The van der Waals surface area contributed by atoms with Gasteiger partial charge in [0.15, 0.2) is 6.40 Å². The van der Waals surface area contributed by atoms with Gasteiger partial charge in [0.25, 0.3) is 0 Å². The molecule has 0 N–H and O–H groups in total. The molecule has 0 unspecified atom stereocenters. The van der Waals surface area contributed by atoms with E-state index < -0.39 is 5.72 Å². The average molecular weight is 184 g/mol. The molecule has 0 bridgehead atoms. The number of rotatable bonds is 3. The number of hydrazone groups is 1. The van der Waals surface area contributed by atoms with Crippen LogP contribution in [-0.2, 0) is 9.53 Å². The Morgan fingerprint density at radius 2 is 2.08 bits per heavy atom. The maximum absolute atomic E-state index is 11.5. The number of amides is 1. The third-order valence-electron chi connectivity index (χ3n) is 2.46. The molecular formula is C9H16N2O2. The van der Waals surface area contributed by atoms with Crippen molar-refractivity contribution in [2.45, 2.75) is 45.8 Å². The van der Waals surface area contributed by atoms with Gasteiger partial charge in [-0.15, -0.1) is 5.10 Å². The van der Waals surface area contributed by atoms with E-state index in [9.17, 15) is 4.79 Å². The second-order valence-electron chi connectivity index (χ2n) is 3.05. The molecule has 0 saturated carbocycles. The van der Waals surface area contributed by atoms with Crippen LogP contribution in [0.4, 0.5) is 0 Å². The highest BCUT2D eigenvalue weighted by Crippen LogP contribution is 2.29. The van der Waals surface area contributed by atoms with E-state index in [4.69, 9.17) is 4.74 Å². The van der Waals surface area contributed by atoms with Crippen LogP contribution in [0.2, 0.25) is 0 Å². The number of carbonyl (C=O) groups excluding carboxylic acids is 1. The normalized spacial score (nSPS) is 18.8. The summed E-state index contributed by atoms with van der Waals surface area (Å²) in [6.45, 7) is 5.81. The van der Waals surface area contributed by atoms with Crippen molar-refractivity contribution >= 4 is 12.3 Å². The van der Waals surface area contributed by atoms with Gasteiger partial charge in [-0.2, -0.15) is 5.01 Å². The molecule has 1 rings (SSSR count). The van der Waals surface area contributed by atoms with E-state index in [0.29, 0.717) is 6.42 Å². The molecule has 0 spiro atoms.